The molecule has 0 fully saturated rings. The van der Waals surface area contributed by atoms with Gasteiger partial charge in [0, 0.05) is 23.2 Å². The van der Waals surface area contributed by atoms with Crippen LogP contribution in [0.3, 0.4) is 0 Å². The standard InChI is InChI=1S/C16H12N4O5/c21-16(7-10-9-17-13-4-2-1-3-12(10)13)18-14-6-5-11(19(22)23)8-15(14)20(24)25/h1-6,8-9,17H,7H2,(H,18,21). The van der Waals surface area contributed by atoms with Crippen LogP contribution in [0.4, 0.5) is 17.1 Å². The van der Waals surface area contributed by atoms with Crippen molar-refractivity contribution in [1.82, 2.24) is 4.98 Å². The Morgan fingerprint density at radius 2 is 1.84 bits per heavy atom. The number of hydrogen-bond acceptors (Lipinski definition) is 5. The van der Waals surface area contributed by atoms with Crippen LogP contribution < -0.4 is 5.32 Å². The molecule has 0 radical (unpaired) electrons. The number of carbonyl (C=O) groups is 1. The fraction of sp³-hybridized carbons (Fsp3) is 0.0625. The molecule has 0 unspecified atom stereocenters. The van der Waals surface area contributed by atoms with Crippen LogP contribution in [-0.2, 0) is 11.2 Å². The topological polar surface area (TPSA) is 131 Å². The number of carbonyl (C=O) groups excluding carboxylic acids is 1. The minimum atomic E-state index is -0.770. The zero-order valence-corrected chi connectivity index (χ0v) is 12.8. The number of H-pyrrole nitrogens is 1. The molecular weight excluding hydrogens is 328 g/mol. The number of nitro benzene ring substituents is 2. The molecule has 0 aliphatic rings. The van der Waals surface area contributed by atoms with Crippen molar-refractivity contribution in [3.05, 3.63) is 74.5 Å². The van der Waals surface area contributed by atoms with E-state index in [-0.39, 0.29) is 12.1 Å². The summed E-state index contributed by atoms with van der Waals surface area (Å²) in [6.45, 7) is 0. The molecule has 0 atom stereocenters. The lowest BCUT2D eigenvalue weighted by Crippen LogP contribution is -2.15. The summed E-state index contributed by atoms with van der Waals surface area (Å²) < 4.78 is 0. The molecule has 9 heteroatoms. The third-order valence-electron chi connectivity index (χ3n) is 3.69. The predicted molar refractivity (Wildman–Crippen MR) is 90.4 cm³/mol. The van der Waals surface area contributed by atoms with Gasteiger partial charge in [0.1, 0.15) is 5.69 Å². The fourth-order valence-corrected chi connectivity index (χ4v) is 2.54. The van der Waals surface area contributed by atoms with Crippen LogP contribution in [0.1, 0.15) is 5.56 Å². The van der Waals surface area contributed by atoms with Crippen LogP contribution in [0.15, 0.2) is 48.7 Å². The summed E-state index contributed by atoms with van der Waals surface area (Å²) in [5.74, 6) is -0.457. The van der Waals surface area contributed by atoms with E-state index in [1.54, 1.807) is 6.20 Å². The number of benzene rings is 2. The molecule has 1 aromatic heterocycles. The number of aromatic amines is 1. The Balaban J connectivity index is 1.83. The fourth-order valence-electron chi connectivity index (χ4n) is 2.54. The third kappa shape index (κ3) is 3.29. The number of aromatic nitrogens is 1. The lowest BCUT2D eigenvalue weighted by Gasteiger charge is -2.06. The Labute approximate surface area is 140 Å². The molecule has 2 aromatic carbocycles. The van der Waals surface area contributed by atoms with Gasteiger partial charge in [0.2, 0.25) is 5.91 Å². The maximum atomic E-state index is 12.2. The number of fused-ring (bicyclic) bond motifs is 1. The number of amides is 1. The first kappa shape index (κ1) is 16.1. The predicted octanol–water partition coefficient (Wildman–Crippen LogP) is 3.17. The molecule has 0 bridgehead atoms. The molecule has 0 aliphatic heterocycles. The van der Waals surface area contributed by atoms with Crippen LogP contribution in [0.2, 0.25) is 0 Å². The van der Waals surface area contributed by atoms with E-state index in [2.05, 4.69) is 10.3 Å². The van der Waals surface area contributed by atoms with E-state index in [0.717, 1.165) is 34.7 Å². The highest BCUT2D eigenvalue weighted by Crippen LogP contribution is 2.29. The summed E-state index contributed by atoms with van der Waals surface area (Å²) in [5, 5.41) is 25.2. The van der Waals surface area contributed by atoms with E-state index in [0.29, 0.717) is 0 Å². The number of nitrogens with one attached hydrogen (secondary N) is 2. The maximum absolute atomic E-state index is 12.2. The number of non-ortho nitro benzene ring substituents is 1. The van der Waals surface area contributed by atoms with Gasteiger partial charge in [0.05, 0.1) is 22.3 Å². The first-order chi connectivity index (χ1) is 12.0. The van der Waals surface area contributed by atoms with Crippen molar-refractivity contribution in [1.29, 1.82) is 0 Å². The molecule has 0 spiro atoms. The van der Waals surface area contributed by atoms with Gasteiger partial charge >= 0.3 is 0 Å². The van der Waals surface area contributed by atoms with Crippen LogP contribution in [-0.4, -0.2) is 20.7 Å². The van der Waals surface area contributed by atoms with Crippen LogP contribution in [0, 0.1) is 20.2 Å². The average molecular weight is 340 g/mol. The van der Waals surface area contributed by atoms with Crippen molar-refractivity contribution < 1.29 is 14.6 Å². The minimum Gasteiger partial charge on any atom is -0.361 e. The normalized spacial score (nSPS) is 10.6. The van der Waals surface area contributed by atoms with E-state index < -0.39 is 27.1 Å². The molecule has 3 aromatic rings. The highest BCUT2D eigenvalue weighted by Gasteiger charge is 2.21. The Morgan fingerprint density at radius 3 is 2.56 bits per heavy atom. The maximum Gasteiger partial charge on any atom is 0.299 e. The van der Waals surface area contributed by atoms with Crippen LogP contribution in [0.5, 0.6) is 0 Å². The van der Waals surface area contributed by atoms with Crippen molar-refractivity contribution in [2.75, 3.05) is 5.32 Å². The summed E-state index contributed by atoms with van der Waals surface area (Å²) in [5.41, 5.74) is 0.604. The van der Waals surface area contributed by atoms with Crippen molar-refractivity contribution in [2.45, 2.75) is 6.42 Å². The quantitative estimate of drug-likeness (QED) is 0.544. The van der Waals surface area contributed by atoms with Crippen LogP contribution >= 0.6 is 0 Å². The van der Waals surface area contributed by atoms with Crippen molar-refractivity contribution in [3.63, 3.8) is 0 Å². The van der Waals surface area contributed by atoms with Gasteiger partial charge in [-0.1, -0.05) is 18.2 Å². The average Bonchev–Trinajstić information content (AvgIpc) is 2.98. The second-order valence-electron chi connectivity index (χ2n) is 5.30. The van der Waals surface area contributed by atoms with Crippen molar-refractivity contribution in [2.24, 2.45) is 0 Å². The van der Waals surface area contributed by atoms with Crippen molar-refractivity contribution in [3.8, 4) is 0 Å². The van der Waals surface area contributed by atoms with E-state index >= 15 is 0 Å². The number of nitrogens with zero attached hydrogens (tertiary/aromatic N) is 2. The van der Waals surface area contributed by atoms with E-state index in [9.17, 15) is 25.0 Å². The number of rotatable bonds is 5. The number of para-hydroxylation sites is 1. The molecule has 25 heavy (non-hydrogen) atoms. The Hall–Kier alpha value is -3.75. The number of hydrogen-bond donors (Lipinski definition) is 2. The Bertz CT molecular complexity index is 995. The molecule has 0 aliphatic carbocycles. The summed E-state index contributed by atoms with van der Waals surface area (Å²) in [6, 6.07) is 10.5. The molecule has 0 saturated heterocycles. The molecular formula is C16H12N4O5. The lowest BCUT2D eigenvalue weighted by atomic mass is 10.1. The van der Waals surface area contributed by atoms with Gasteiger partial charge in [-0.25, -0.2) is 0 Å². The second-order valence-corrected chi connectivity index (χ2v) is 5.30. The third-order valence-corrected chi connectivity index (χ3v) is 3.69. The van der Waals surface area contributed by atoms with Gasteiger partial charge in [-0.15, -0.1) is 0 Å². The molecule has 1 heterocycles. The summed E-state index contributed by atoms with van der Waals surface area (Å²) in [4.78, 5) is 35.6. The summed E-state index contributed by atoms with van der Waals surface area (Å²) in [7, 11) is 0. The monoisotopic (exact) mass is 340 g/mol. The molecule has 2 N–H and O–H groups in total. The zero-order valence-electron chi connectivity index (χ0n) is 12.8. The molecule has 0 saturated carbocycles. The first-order valence-electron chi connectivity index (χ1n) is 7.23. The van der Waals surface area contributed by atoms with E-state index in [4.69, 9.17) is 0 Å². The second kappa shape index (κ2) is 6.40. The van der Waals surface area contributed by atoms with E-state index in [1.165, 1.54) is 0 Å². The molecule has 9 nitrogen and oxygen atoms in total. The first-order valence-corrected chi connectivity index (χ1v) is 7.23. The van der Waals surface area contributed by atoms with Gasteiger partial charge in [0.15, 0.2) is 0 Å². The van der Waals surface area contributed by atoms with Gasteiger partial charge in [0.25, 0.3) is 11.4 Å². The summed E-state index contributed by atoms with van der Waals surface area (Å²) >= 11 is 0. The summed E-state index contributed by atoms with van der Waals surface area (Å²) in [6.07, 6.45) is 1.71. The lowest BCUT2D eigenvalue weighted by molar-refractivity contribution is -0.393. The minimum absolute atomic E-state index is 0.0121. The Kier molecular flexibility index (Phi) is 4.12. The Morgan fingerprint density at radius 1 is 1.08 bits per heavy atom. The zero-order chi connectivity index (χ0) is 18.0. The highest BCUT2D eigenvalue weighted by molar-refractivity contribution is 5.97. The van der Waals surface area contributed by atoms with Crippen molar-refractivity contribution >= 4 is 33.9 Å². The SMILES string of the molecule is O=C(Cc1c[nH]c2ccccc12)Nc1ccc([N+](=O)[O-])cc1[N+](=O)[O-]. The smallest absolute Gasteiger partial charge is 0.299 e. The van der Waals surface area contributed by atoms with Gasteiger partial charge in [-0.2, -0.15) is 0 Å². The molecule has 1 amide bonds. The highest BCUT2D eigenvalue weighted by atomic mass is 16.6. The van der Waals surface area contributed by atoms with Gasteiger partial charge < -0.3 is 10.3 Å². The number of anilines is 1. The molecule has 126 valence electrons. The van der Waals surface area contributed by atoms with E-state index in [1.807, 2.05) is 24.3 Å². The largest absolute Gasteiger partial charge is 0.361 e. The molecule has 3 rings (SSSR count). The van der Waals surface area contributed by atoms with Crippen LogP contribution in [0.25, 0.3) is 10.9 Å². The van der Waals surface area contributed by atoms with Gasteiger partial charge in [-0.05, 0) is 17.7 Å². The van der Waals surface area contributed by atoms with Gasteiger partial charge in [-0.3, -0.25) is 25.0 Å². The number of nitro groups is 2.